The van der Waals surface area contributed by atoms with Gasteiger partial charge in [0.15, 0.2) is 0 Å². The number of allylic oxidation sites excluding steroid dienone is 9. The van der Waals surface area contributed by atoms with E-state index in [0.717, 1.165) is 44.9 Å². The molecule has 0 aromatic carbocycles. The van der Waals surface area contributed by atoms with Crippen molar-refractivity contribution in [2.75, 3.05) is 6.61 Å². The molecule has 29 heavy (non-hydrogen) atoms. The SMILES string of the molecule is CC(C)=CCCC(C)=CCCC(C)=CCOC(=O)CC/C=C(\C)CCC=C(C)C. The van der Waals surface area contributed by atoms with Crippen molar-refractivity contribution in [1.82, 2.24) is 0 Å². The Morgan fingerprint density at radius 2 is 0.931 bits per heavy atom. The second-order valence-corrected chi connectivity index (χ2v) is 8.55. The molecule has 0 unspecified atom stereocenters. The van der Waals surface area contributed by atoms with Crippen molar-refractivity contribution in [3.63, 3.8) is 0 Å². The maximum absolute atomic E-state index is 11.9. The molecule has 0 N–H and O–H groups in total. The third kappa shape index (κ3) is 19.3. The maximum atomic E-state index is 11.9. The van der Waals surface area contributed by atoms with Crippen LogP contribution < -0.4 is 0 Å². The molecule has 164 valence electrons. The van der Waals surface area contributed by atoms with Gasteiger partial charge in [-0.15, -0.1) is 0 Å². The molecule has 0 spiro atoms. The fraction of sp³-hybridized carbons (Fsp3) is 0.593. The molecule has 0 aliphatic heterocycles. The van der Waals surface area contributed by atoms with Gasteiger partial charge in [-0.1, -0.05) is 52.2 Å². The van der Waals surface area contributed by atoms with Gasteiger partial charge in [-0.25, -0.2) is 0 Å². The fourth-order valence-electron chi connectivity index (χ4n) is 2.81. The number of rotatable bonds is 14. The first-order valence-corrected chi connectivity index (χ1v) is 11.1. The van der Waals surface area contributed by atoms with E-state index in [1.165, 1.54) is 27.9 Å². The molecule has 2 heteroatoms. The summed E-state index contributed by atoms with van der Waals surface area (Å²) in [6.07, 6.45) is 18.7. The van der Waals surface area contributed by atoms with Crippen molar-refractivity contribution < 1.29 is 9.53 Å². The van der Waals surface area contributed by atoms with Crippen molar-refractivity contribution in [3.8, 4) is 0 Å². The molecule has 0 aliphatic rings. The summed E-state index contributed by atoms with van der Waals surface area (Å²) in [6, 6.07) is 0. The standard InChI is InChI=1S/C27H44O2/c1-22(2)12-8-14-24(5)16-10-17-26(7)20-21-29-27(28)19-11-18-25(6)15-9-13-23(3)4/h12-13,16,18,20H,8-11,14-15,17,19,21H2,1-7H3/b24-16?,25-18+,26-20?. The summed E-state index contributed by atoms with van der Waals surface area (Å²) in [5.41, 5.74) is 6.81. The van der Waals surface area contributed by atoms with Crippen LogP contribution in [-0.2, 0) is 9.53 Å². The van der Waals surface area contributed by atoms with Gasteiger partial charge < -0.3 is 4.74 Å². The largest absolute Gasteiger partial charge is 0.461 e. The van der Waals surface area contributed by atoms with Gasteiger partial charge in [0.05, 0.1) is 0 Å². The highest BCUT2D eigenvalue weighted by Crippen LogP contribution is 2.12. The average Bonchev–Trinajstić information content (AvgIpc) is 2.61. The predicted octanol–water partition coefficient (Wildman–Crippen LogP) is 8.42. The van der Waals surface area contributed by atoms with Crippen LogP contribution in [-0.4, -0.2) is 12.6 Å². The summed E-state index contributed by atoms with van der Waals surface area (Å²) in [5.74, 6) is -0.114. The summed E-state index contributed by atoms with van der Waals surface area (Å²) in [6.45, 7) is 15.4. The molecule has 0 saturated carbocycles. The molecular formula is C27H44O2. The van der Waals surface area contributed by atoms with Crippen LogP contribution in [0.3, 0.4) is 0 Å². The molecule has 0 aliphatic carbocycles. The van der Waals surface area contributed by atoms with E-state index in [2.05, 4.69) is 72.8 Å². The predicted molar refractivity (Wildman–Crippen MR) is 128 cm³/mol. The van der Waals surface area contributed by atoms with Crippen LogP contribution in [0.5, 0.6) is 0 Å². The van der Waals surface area contributed by atoms with Crippen LogP contribution in [0, 0.1) is 0 Å². The number of hydrogen-bond donors (Lipinski definition) is 0. The van der Waals surface area contributed by atoms with Crippen LogP contribution >= 0.6 is 0 Å². The number of esters is 1. The Morgan fingerprint density at radius 1 is 0.552 bits per heavy atom. The summed E-state index contributed by atoms with van der Waals surface area (Å²) in [7, 11) is 0. The number of carbonyl (C=O) groups is 1. The Morgan fingerprint density at radius 3 is 1.38 bits per heavy atom. The molecule has 0 aromatic heterocycles. The van der Waals surface area contributed by atoms with E-state index in [-0.39, 0.29) is 5.97 Å². The second kappa shape index (κ2) is 17.1. The highest BCUT2D eigenvalue weighted by atomic mass is 16.5. The molecule has 0 aromatic rings. The van der Waals surface area contributed by atoms with Crippen LogP contribution in [0.15, 0.2) is 58.2 Å². The van der Waals surface area contributed by atoms with Crippen molar-refractivity contribution in [1.29, 1.82) is 0 Å². The van der Waals surface area contributed by atoms with Crippen LogP contribution in [0.4, 0.5) is 0 Å². The highest BCUT2D eigenvalue weighted by molar-refractivity contribution is 5.69. The Balaban J connectivity index is 3.99. The molecule has 0 amide bonds. The minimum atomic E-state index is -0.114. The molecule has 0 bridgehead atoms. The van der Waals surface area contributed by atoms with Crippen LogP contribution in [0.25, 0.3) is 0 Å². The minimum Gasteiger partial charge on any atom is -0.461 e. The molecule has 0 radical (unpaired) electrons. The van der Waals surface area contributed by atoms with Gasteiger partial charge in [-0.3, -0.25) is 4.79 Å². The van der Waals surface area contributed by atoms with Gasteiger partial charge in [0, 0.05) is 6.42 Å². The van der Waals surface area contributed by atoms with E-state index in [4.69, 9.17) is 4.74 Å². The molecule has 0 heterocycles. The Bertz CT molecular complexity index is 619. The third-order valence-electron chi connectivity index (χ3n) is 4.73. The van der Waals surface area contributed by atoms with Gasteiger partial charge in [0.1, 0.15) is 6.61 Å². The van der Waals surface area contributed by atoms with E-state index < -0.39 is 0 Å². The Labute approximate surface area is 180 Å². The average molecular weight is 401 g/mol. The monoisotopic (exact) mass is 400 g/mol. The Kier molecular flexibility index (Phi) is 16.0. The van der Waals surface area contributed by atoms with Gasteiger partial charge >= 0.3 is 5.97 Å². The lowest BCUT2D eigenvalue weighted by atomic mass is 10.1. The molecular weight excluding hydrogens is 356 g/mol. The quantitative estimate of drug-likeness (QED) is 0.216. The summed E-state index contributed by atoms with van der Waals surface area (Å²) >= 11 is 0. The zero-order valence-corrected chi connectivity index (χ0v) is 20.1. The lowest BCUT2D eigenvalue weighted by Crippen LogP contribution is -2.04. The molecule has 0 rings (SSSR count). The zero-order chi connectivity index (χ0) is 22.1. The first kappa shape index (κ1) is 27.2. The number of hydrogen-bond acceptors (Lipinski definition) is 2. The van der Waals surface area contributed by atoms with E-state index in [1.807, 2.05) is 6.08 Å². The first-order valence-electron chi connectivity index (χ1n) is 11.1. The minimum absolute atomic E-state index is 0.114. The molecule has 0 fully saturated rings. The second-order valence-electron chi connectivity index (χ2n) is 8.55. The number of carbonyl (C=O) groups excluding carboxylic acids is 1. The van der Waals surface area contributed by atoms with Crippen molar-refractivity contribution in [2.24, 2.45) is 0 Å². The Hall–Kier alpha value is -1.83. The number of ether oxygens (including phenoxy) is 1. The highest BCUT2D eigenvalue weighted by Gasteiger charge is 2.01. The fourth-order valence-corrected chi connectivity index (χ4v) is 2.81. The molecule has 2 nitrogen and oxygen atoms in total. The van der Waals surface area contributed by atoms with Crippen molar-refractivity contribution in [2.45, 2.75) is 99.8 Å². The van der Waals surface area contributed by atoms with Gasteiger partial charge in [-0.2, -0.15) is 0 Å². The van der Waals surface area contributed by atoms with E-state index in [1.54, 1.807) is 0 Å². The van der Waals surface area contributed by atoms with E-state index in [0.29, 0.717) is 13.0 Å². The van der Waals surface area contributed by atoms with Crippen LogP contribution in [0.1, 0.15) is 99.8 Å². The van der Waals surface area contributed by atoms with Crippen molar-refractivity contribution in [3.05, 3.63) is 58.2 Å². The first-order chi connectivity index (χ1) is 13.7. The van der Waals surface area contributed by atoms with E-state index in [9.17, 15) is 4.79 Å². The topological polar surface area (TPSA) is 26.3 Å². The summed E-state index contributed by atoms with van der Waals surface area (Å²) in [4.78, 5) is 11.9. The van der Waals surface area contributed by atoms with Gasteiger partial charge in [0.2, 0.25) is 0 Å². The van der Waals surface area contributed by atoms with Crippen LogP contribution in [0.2, 0.25) is 0 Å². The van der Waals surface area contributed by atoms with Crippen molar-refractivity contribution >= 4 is 5.97 Å². The molecule has 0 atom stereocenters. The normalized spacial score (nSPS) is 12.6. The summed E-state index contributed by atoms with van der Waals surface area (Å²) in [5, 5.41) is 0. The van der Waals surface area contributed by atoms with Gasteiger partial charge in [-0.05, 0) is 99.5 Å². The van der Waals surface area contributed by atoms with E-state index >= 15 is 0 Å². The maximum Gasteiger partial charge on any atom is 0.306 e. The lowest BCUT2D eigenvalue weighted by Gasteiger charge is -2.04. The third-order valence-corrected chi connectivity index (χ3v) is 4.73. The van der Waals surface area contributed by atoms with Gasteiger partial charge in [0.25, 0.3) is 0 Å². The summed E-state index contributed by atoms with van der Waals surface area (Å²) < 4.78 is 5.33. The zero-order valence-electron chi connectivity index (χ0n) is 20.1. The smallest absolute Gasteiger partial charge is 0.306 e. The molecule has 0 saturated heterocycles. The lowest BCUT2D eigenvalue weighted by molar-refractivity contribution is -0.142.